The molecule has 2 heterocycles. The van der Waals surface area contributed by atoms with Gasteiger partial charge in [0.15, 0.2) is 0 Å². The number of para-hydroxylation sites is 1. The third-order valence-corrected chi connectivity index (χ3v) is 6.36. The molecule has 0 radical (unpaired) electrons. The average molecular weight is 435 g/mol. The van der Waals surface area contributed by atoms with E-state index in [9.17, 15) is 9.90 Å². The van der Waals surface area contributed by atoms with Gasteiger partial charge in [-0.25, -0.2) is 9.98 Å². The molecule has 7 heteroatoms. The second-order valence-corrected chi connectivity index (χ2v) is 8.59. The minimum Gasteiger partial charge on any atom is -0.507 e. The first-order valence-electron chi connectivity index (χ1n) is 9.65. The Balaban J connectivity index is 1.88. The number of benzene rings is 2. The van der Waals surface area contributed by atoms with Gasteiger partial charge >= 0.3 is 0 Å². The summed E-state index contributed by atoms with van der Waals surface area (Å²) in [6.45, 7) is 2.28. The molecule has 0 saturated carbocycles. The summed E-state index contributed by atoms with van der Waals surface area (Å²) in [7, 11) is 2.52. The van der Waals surface area contributed by atoms with Crippen molar-refractivity contribution in [1.82, 2.24) is 9.55 Å². The molecule has 152 valence electrons. The summed E-state index contributed by atoms with van der Waals surface area (Å²) in [5.41, 5.74) is 2.68. The van der Waals surface area contributed by atoms with Crippen LogP contribution >= 0.6 is 21.0 Å². The number of aryl methyl sites for hydroxylation is 2. The average Bonchev–Trinajstić information content (AvgIpc) is 2.76. The molecule has 2 aromatic carbocycles. The first kappa shape index (κ1) is 20.6. The minimum absolute atomic E-state index is 0.113. The molecular formula is C23H22N3O2PS. The predicted octanol–water partition coefficient (Wildman–Crippen LogP) is 3.67. The number of thioether (sulfide) groups is 1. The summed E-state index contributed by atoms with van der Waals surface area (Å²) in [5.74, 6) is 1.36. The third-order valence-electron chi connectivity index (χ3n) is 4.95. The Hall–Kier alpha value is -2.69. The molecular weight excluding hydrogens is 413 g/mol. The molecule has 1 aliphatic heterocycles. The summed E-state index contributed by atoms with van der Waals surface area (Å²) in [6, 6.07) is 15.5. The van der Waals surface area contributed by atoms with Crippen LogP contribution in [0.4, 0.5) is 0 Å². The second kappa shape index (κ2) is 8.99. The van der Waals surface area contributed by atoms with E-state index in [-0.39, 0.29) is 11.3 Å². The summed E-state index contributed by atoms with van der Waals surface area (Å²) in [5, 5.41) is 12.0. The molecule has 1 N–H and O–H groups in total. The van der Waals surface area contributed by atoms with Crippen molar-refractivity contribution >= 4 is 31.3 Å². The highest BCUT2D eigenvalue weighted by atomic mass is 32.2. The van der Waals surface area contributed by atoms with Crippen LogP contribution in [0, 0.1) is 6.92 Å². The van der Waals surface area contributed by atoms with E-state index < -0.39 is 0 Å². The monoisotopic (exact) mass is 435 g/mol. The van der Waals surface area contributed by atoms with Crippen molar-refractivity contribution in [2.45, 2.75) is 19.9 Å². The summed E-state index contributed by atoms with van der Waals surface area (Å²) < 4.78 is 1.66. The molecule has 4 rings (SSSR count). The fourth-order valence-corrected chi connectivity index (χ4v) is 4.53. The van der Waals surface area contributed by atoms with Gasteiger partial charge in [-0.05, 0) is 25.0 Å². The number of phenols is 1. The van der Waals surface area contributed by atoms with Gasteiger partial charge in [-0.15, -0.1) is 21.0 Å². The van der Waals surface area contributed by atoms with Gasteiger partial charge in [-0.1, -0.05) is 48.5 Å². The Morgan fingerprint density at radius 1 is 1.17 bits per heavy atom. The number of nitrogens with zero attached hydrogens (tertiary/aromatic N) is 3. The topological polar surface area (TPSA) is 67.5 Å². The zero-order valence-corrected chi connectivity index (χ0v) is 18.5. The lowest BCUT2D eigenvalue weighted by Crippen LogP contribution is -2.31. The highest BCUT2D eigenvalue weighted by molar-refractivity contribution is 8.14. The molecule has 0 amide bonds. The van der Waals surface area contributed by atoms with Crippen LogP contribution in [-0.4, -0.2) is 25.5 Å². The van der Waals surface area contributed by atoms with Crippen LogP contribution in [0.15, 0.2) is 70.6 Å². The number of phenolic OH excluding ortho intramolecular Hbond substituents is 1. The van der Waals surface area contributed by atoms with Gasteiger partial charge in [0.25, 0.3) is 5.56 Å². The number of aromatic hydroxyl groups is 1. The molecule has 0 spiro atoms. The van der Waals surface area contributed by atoms with Crippen LogP contribution < -0.4 is 10.9 Å². The van der Waals surface area contributed by atoms with Crippen molar-refractivity contribution in [1.29, 1.82) is 0 Å². The molecule has 1 aromatic heterocycles. The molecule has 1 unspecified atom stereocenters. The van der Waals surface area contributed by atoms with Crippen molar-refractivity contribution in [3.05, 3.63) is 88.0 Å². The van der Waals surface area contributed by atoms with Crippen LogP contribution in [0.5, 0.6) is 5.75 Å². The fourth-order valence-electron chi connectivity index (χ4n) is 3.41. The molecule has 0 fully saturated rings. The Labute approximate surface area is 181 Å². The summed E-state index contributed by atoms with van der Waals surface area (Å²) in [4.78, 5) is 22.8. The highest BCUT2D eigenvalue weighted by Crippen LogP contribution is 2.28. The van der Waals surface area contributed by atoms with E-state index in [0.717, 1.165) is 11.3 Å². The third kappa shape index (κ3) is 4.11. The van der Waals surface area contributed by atoms with E-state index in [0.29, 0.717) is 46.0 Å². The Morgan fingerprint density at radius 2 is 1.97 bits per heavy atom. The normalized spacial score (nSPS) is 13.3. The van der Waals surface area contributed by atoms with Gasteiger partial charge in [-0.3, -0.25) is 9.36 Å². The van der Waals surface area contributed by atoms with Crippen LogP contribution in [0.3, 0.4) is 0 Å². The van der Waals surface area contributed by atoms with Gasteiger partial charge in [-0.2, -0.15) is 0 Å². The van der Waals surface area contributed by atoms with Crippen LogP contribution in [0.1, 0.15) is 16.8 Å². The standard InChI is InChI=1S/C23H22N3O2PS/c1-15-19(22-24-12-6-14-30-22)23(28)26(13-11-16-7-3-2-4-8-16)21(25-15)17-9-5-10-18(29)20(17)27/h2-10,12,27H,11,13-14,29H2,1H3. The number of hydrogen-bond donors (Lipinski definition) is 1. The summed E-state index contributed by atoms with van der Waals surface area (Å²) in [6.07, 6.45) is 4.37. The second-order valence-electron chi connectivity index (χ2n) is 6.96. The van der Waals surface area contributed by atoms with Gasteiger partial charge in [0, 0.05) is 23.8 Å². The maximum Gasteiger partial charge on any atom is 0.264 e. The van der Waals surface area contributed by atoms with Crippen molar-refractivity contribution in [2.75, 3.05) is 5.75 Å². The largest absolute Gasteiger partial charge is 0.507 e. The molecule has 3 aromatic rings. The fraction of sp³-hybridized carbons (Fsp3) is 0.174. The zero-order valence-electron chi connectivity index (χ0n) is 16.6. The Morgan fingerprint density at radius 3 is 2.70 bits per heavy atom. The van der Waals surface area contributed by atoms with Crippen LogP contribution in [0.25, 0.3) is 11.4 Å². The Bertz CT molecular complexity index is 1200. The molecule has 5 nitrogen and oxygen atoms in total. The highest BCUT2D eigenvalue weighted by Gasteiger charge is 2.22. The van der Waals surface area contributed by atoms with E-state index in [2.05, 4.69) is 14.2 Å². The van der Waals surface area contributed by atoms with E-state index in [1.165, 1.54) is 11.8 Å². The summed E-state index contributed by atoms with van der Waals surface area (Å²) >= 11 is 1.53. The molecule has 1 aliphatic rings. The van der Waals surface area contributed by atoms with Crippen molar-refractivity contribution in [2.24, 2.45) is 4.99 Å². The SMILES string of the molecule is Cc1nc(-c2cccc(P)c2O)n(CCc2ccccc2)c(=O)c1C1=NC=CCS1. The molecule has 0 bridgehead atoms. The maximum absolute atomic E-state index is 13.6. The lowest BCUT2D eigenvalue weighted by molar-refractivity contribution is 0.480. The lowest BCUT2D eigenvalue weighted by atomic mass is 10.1. The molecule has 0 aliphatic carbocycles. The van der Waals surface area contributed by atoms with E-state index in [4.69, 9.17) is 4.98 Å². The number of aromatic nitrogens is 2. The number of rotatable bonds is 5. The quantitative estimate of drug-likeness (QED) is 0.621. The molecule has 30 heavy (non-hydrogen) atoms. The van der Waals surface area contributed by atoms with Gasteiger partial charge in [0.2, 0.25) is 0 Å². The van der Waals surface area contributed by atoms with Crippen molar-refractivity contribution in [3.63, 3.8) is 0 Å². The predicted molar refractivity (Wildman–Crippen MR) is 128 cm³/mol. The van der Waals surface area contributed by atoms with Gasteiger partial charge in [0.1, 0.15) is 16.6 Å². The van der Waals surface area contributed by atoms with E-state index in [1.54, 1.807) is 22.9 Å². The number of hydrogen-bond acceptors (Lipinski definition) is 5. The van der Waals surface area contributed by atoms with E-state index >= 15 is 0 Å². The van der Waals surface area contributed by atoms with Gasteiger partial charge < -0.3 is 5.11 Å². The maximum atomic E-state index is 13.6. The first-order valence-corrected chi connectivity index (χ1v) is 11.2. The van der Waals surface area contributed by atoms with Gasteiger partial charge in [0.05, 0.1) is 16.8 Å². The van der Waals surface area contributed by atoms with Crippen LogP contribution in [0.2, 0.25) is 0 Å². The van der Waals surface area contributed by atoms with E-state index in [1.807, 2.05) is 49.4 Å². The van der Waals surface area contributed by atoms with Crippen LogP contribution in [-0.2, 0) is 13.0 Å². The molecule has 0 saturated heterocycles. The number of aliphatic imine (C=N–C) groups is 1. The van der Waals surface area contributed by atoms with Crippen molar-refractivity contribution in [3.8, 4) is 17.1 Å². The smallest absolute Gasteiger partial charge is 0.264 e. The van der Waals surface area contributed by atoms with Crippen molar-refractivity contribution < 1.29 is 5.11 Å². The minimum atomic E-state index is -0.136. The molecule has 1 atom stereocenters. The zero-order chi connectivity index (χ0) is 21.1. The first-order chi connectivity index (χ1) is 14.6. The lowest BCUT2D eigenvalue weighted by Gasteiger charge is -2.18. The Kier molecular flexibility index (Phi) is 6.16.